The number of rotatable bonds is 3. The lowest BCUT2D eigenvalue weighted by Crippen LogP contribution is -2.37. The van der Waals surface area contributed by atoms with E-state index < -0.39 is 0 Å². The number of nitrogens with zero attached hydrogens (tertiary/aromatic N) is 1. The maximum Gasteiger partial charge on any atom is 0.335 e. The minimum atomic E-state index is -0.327. The number of hydrogen-bond acceptors (Lipinski definition) is 4. The number of amides is 2. The molecule has 1 aromatic rings. The van der Waals surface area contributed by atoms with Gasteiger partial charge in [0.1, 0.15) is 5.75 Å². The van der Waals surface area contributed by atoms with E-state index in [9.17, 15) is 9.90 Å². The summed E-state index contributed by atoms with van der Waals surface area (Å²) in [5.74, 6) is 0.292. The van der Waals surface area contributed by atoms with Crippen LogP contribution < -0.4 is 10.7 Å². The van der Waals surface area contributed by atoms with Gasteiger partial charge in [0.15, 0.2) is 0 Å². The fourth-order valence-corrected chi connectivity index (χ4v) is 2.77. The van der Waals surface area contributed by atoms with Gasteiger partial charge >= 0.3 is 6.03 Å². The maximum absolute atomic E-state index is 11.7. The molecule has 1 unspecified atom stereocenters. The van der Waals surface area contributed by atoms with Gasteiger partial charge in [-0.25, -0.2) is 10.2 Å². The van der Waals surface area contributed by atoms with Crippen molar-refractivity contribution in [3.63, 3.8) is 0 Å². The normalized spacial score (nSPS) is 22.3. The molecule has 1 atom stereocenters. The Labute approximate surface area is 123 Å². The van der Waals surface area contributed by atoms with E-state index in [0.29, 0.717) is 12.3 Å². The second-order valence-electron chi connectivity index (χ2n) is 5.32. The zero-order valence-electron chi connectivity index (χ0n) is 11.8. The number of carbonyl (C=O) groups excluding carboxylic acids is 1. The molecule has 21 heavy (non-hydrogen) atoms. The number of phenols is 1. The van der Waals surface area contributed by atoms with Crippen LogP contribution in [0.2, 0.25) is 0 Å². The van der Waals surface area contributed by atoms with Gasteiger partial charge in [-0.15, -0.1) is 0 Å². The second kappa shape index (κ2) is 6.13. The number of benzene rings is 1. The molecule has 0 bridgehead atoms. The number of carbonyl (C=O) groups is 1. The number of urea groups is 1. The summed E-state index contributed by atoms with van der Waals surface area (Å²) >= 11 is 0. The SMILES string of the molecule is O=C(NCC1CCCO1)N/N=C1/CCc2c(O)cccc21. The van der Waals surface area contributed by atoms with Crippen LogP contribution >= 0.6 is 0 Å². The minimum Gasteiger partial charge on any atom is -0.508 e. The standard InChI is InChI=1S/C15H19N3O3/c19-14-5-1-4-11-12(14)6-7-13(11)17-18-15(20)16-9-10-3-2-8-21-10/h1,4-5,10,19H,2-3,6-9H2,(H2,16,18,20)/b17-13-. The molecular weight excluding hydrogens is 270 g/mol. The Kier molecular flexibility index (Phi) is 4.06. The summed E-state index contributed by atoms with van der Waals surface area (Å²) < 4.78 is 5.43. The topological polar surface area (TPSA) is 83.0 Å². The summed E-state index contributed by atoms with van der Waals surface area (Å²) in [4.78, 5) is 11.7. The molecule has 6 heteroatoms. The van der Waals surface area contributed by atoms with Crippen molar-refractivity contribution in [1.82, 2.24) is 10.7 Å². The van der Waals surface area contributed by atoms with Crippen LogP contribution in [0.1, 0.15) is 30.4 Å². The van der Waals surface area contributed by atoms with Crippen LogP contribution in [0.4, 0.5) is 4.79 Å². The molecule has 112 valence electrons. The average molecular weight is 289 g/mol. The van der Waals surface area contributed by atoms with E-state index in [0.717, 1.165) is 49.1 Å². The van der Waals surface area contributed by atoms with Crippen molar-refractivity contribution in [2.75, 3.05) is 13.2 Å². The minimum absolute atomic E-state index is 0.118. The highest BCUT2D eigenvalue weighted by Crippen LogP contribution is 2.29. The third kappa shape index (κ3) is 3.16. The first-order valence-corrected chi connectivity index (χ1v) is 7.27. The Morgan fingerprint density at radius 2 is 2.33 bits per heavy atom. The fraction of sp³-hybridized carbons (Fsp3) is 0.467. The van der Waals surface area contributed by atoms with E-state index in [-0.39, 0.29) is 12.1 Å². The van der Waals surface area contributed by atoms with Crippen molar-refractivity contribution in [1.29, 1.82) is 0 Å². The summed E-state index contributed by atoms with van der Waals surface area (Å²) in [6.07, 6.45) is 3.63. The molecule has 3 rings (SSSR count). The third-order valence-electron chi connectivity index (χ3n) is 3.88. The highest BCUT2D eigenvalue weighted by atomic mass is 16.5. The quantitative estimate of drug-likeness (QED) is 0.738. The molecule has 0 saturated carbocycles. The molecule has 1 heterocycles. The molecule has 0 spiro atoms. The molecule has 1 fully saturated rings. The highest BCUT2D eigenvalue weighted by Gasteiger charge is 2.21. The molecule has 1 aromatic carbocycles. The van der Waals surface area contributed by atoms with Crippen molar-refractivity contribution in [3.05, 3.63) is 29.3 Å². The molecule has 3 N–H and O–H groups in total. The summed E-state index contributed by atoms with van der Waals surface area (Å²) in [5.41, 5.74) is 5.12. The van der Waals surface area contributed by atoms with Crippen LogP contribution in [0, 0.1) is 0 Å². The summed E-state index contributed by atoms with van der Waals surface area (Å²) in [5, 5.41) is 16.7. The lowest BCUT2D eigenvalue weighted by atomic mass is 10.1. The molecule has 2 amide bonds. The van der Waals surface area contributed by atoms with Gasteiger partial charge in [0.05, 0.1) is 11.8 Å². The molecular formula is C15H19N3O3. The lowest BCUT2D eigenvalue weighted by molar-refractivity contribution is 0.111. The van der Waals surface area contributed by atoms with E-state index in [1.165, 1.54) is 0 Å². The summed E-state index contributed by atoms with van der Waals surface area (Å²) in [6, 6.07) is 5.04. The number of hydrogen-bond donors (Lipinski definition) is 3. The Morgan fingerprint density at radius 1 is 1.43 bits per heavy atom. The molecule has 1 saturated heterocycles. The van der Waals surface area contributed by atoms with Gasteiger partial charge in [0, 0.05) is 24.3 Å². The molecule has 2 aliphatic rings. The van der Waals surface area contributed by atoms with E-state index in [2.05, 4.69) is 15.8 Å². The molecule has 0 radical (unpaired) electrons. The van der Waals surface area contributed by atoms with Gasteiger partial charge in [0.2, 0.25) is 0 Å². The third-order valence-corrected chi connectivity index (χ3v) is 3.88. The number of hydrazone groups is 1. The van der Waals surface area contributed by atoms with E-state index >= 15 is 0 Å². The molecule has 1 aliphatic carbocycles. The van der Waals surface area contributed by atoms with Crippen molar-refractivity contribution in [2.24, 2.45) is 5.10 Å². The first-order valence-electron chi connectivity index (χ1n) is 7.27. The zero-order valence-corrected chi connectivity index (χ0v) is 11.8. The first-order chi connectivity index (χ1) is 10.2. The molecule has 6 nitrogen and oxygen atoms in total. The number of fused-ring (bicyclic) bond motifs is 1. The van der Waals surface area contributed by atoms with Gasteiger partial charge in [-0.3, -0.25) is 0 Å². The van der Waals surface area contributed by atoms with Gasteiger partial charge in [0.25, 0.3) is 0 Å². The summed E-state index contributed by atoms with van der Waals surface area (Å²) in [7, 11) is 0. The average Bonchev–Trinajstić information content (AvgIpc) is 3.13. The number of ether oxygens (including phenoxy) is 1. The van der Waals surface area contributed by atoms with Crippen molar-refractivity contribution in [3.8, 4) is 5.75 Å². The second-order valence-corrected chi connectivity index (χ2v) is 5.32. The van der Waals surface area contributed by atoms with Crippen molar-refractivity contribution >= 4 is 11.7 Å². The first kappa shape index (κ1) is 13.9. The molecule has 1 aliphatic heterocycles. The number of phenolic OH excluding ortho intramolecular Hbond substituents is 1. The van der Waals surface area contributed by atoms with Crippen LogP contribution in [-0.2, 0) is 11.2 Å². The monoisotopic (exact) mass is 289 g/mol. The van der Waals surface area contributed by atoms with Crippen LogP contribution in [0.25, 0.3) is 0 Å². The lowest BCUT2D eigenvalue weighted by Gasteiger charge is -2.10. The van der Waals surface area contributed by atoms with E-state index in [1.54, 1.807) is 12.1 Å². The van der Waals surface area contributed by atoms with Gasteiger partial charge in [-0.2, -0.15) is 5.10 Å². The number of nitrogens with one attached hydrogen (secondary N) is 2. The van der Waals surface area contributed by atoms with Crippen molar-refractivity contribution < 1.29 is 14.6 Å². The molecule has 0 aromatic heterocycles. The summed E-state index contributed by atoms with van der Waals surface area (Å²) in [6.45, 7) is 1.28. The predicted octanol–water partition coefficient (Wildman–Crippen LogP) is 1.52. The van der Waals surface area contributed by atoms with Gasteiger partial charge in [-0.05, 0) is 31.7 Å². The highest BCUT2D eigenvalue weighted by molar-refractivity contribution is 6.05. The van der Waals surface area contributed by atoms with E-state index in [4.69, 9.17) is 4.74 Å². The number of aromatic hydroxyl groups is 1. The van der Waals surface area contributed by atoms with Crippen LogP contribution in [0.15, 0.2) is 23.3 Å². The Bertz CT molecular complexity index is 565. The zero-order chi connectivity index (χ0) is 14.7. The van der Waals surface area contributed by atoms with Crippen molar-refractivity contribution in [2.45, 2.75) is 31.8 Å². The van der Waals surface area contributed by atoms with Crippen LogP contribution in [-0.4, -0.2) is 36.1 Å². The largest absolute Gasteiger partial charge is 0.508 e. The smallest absolute Gasteiger partial charge is 0.335 e. The Balaban J connectivity index is 1.55. The van der Waals surface area contributed by atoms with Crippen LogP contribution in [0.5, 0.6) is 5.75 Å². The Morgan fingerprint density at radius 3 is 3.14 bits per heavy atom. The maximum atomic E-state index is 11.7. The Hall–Kier alpha value is -2.08. The van der Waals surface area contributed by atoms with Gasteiger partial charge < -0.3 is 15.2 Å². The van der Waals surface area contributed by atoms with E-state index in [1.807, 2.05) is 6.07 Å². The van der Waals surface area contributed by atoms with Crippen LogP contribution in [0.3, 0.4) is 0 Å². The fourth-order valence-electron chi connectivity index (χ4n) is 2.77. The van der Waals surface area contributed by atoms with Gasteiger partial charge in [-0.1, -0.05) is 12.1 Å². The predicted molar refractivity (Wildman–Crippen MR) is 78.5 cm³/mol.